The number of rotatable bonds is 7. The first-order valence-electron chi connectivity index (χ1n) is 8.61. The molecular formula is C20H22N2O4. The van der Waals surface area contributed by atoms with Gasteiger partial charge in [0.2, 0.25) is 12.2 Å². The summed E-state index contributed by atoms with van der Waals surface area (Å²) in [6.07, 6.45) is 2.95. The monoisotopic (exact) mass is 354 g/mol. The molecule has 0 bridgehead atoms. The van der Waals surface area contributed by atoms with Gasteiger partial charge < -0.3 is 19.2 Å². The second-order valence-electron chi connectivity index (χ2n) is 5.76. The molecule has 26 heavy (non-hydrogen) atoms. The Hall–Kier alpha value is -2.70. The van der Waals surface area contributed by atoms with Gasteiger partial charge in [0.05, 0.1) is 0 Å². The van der Waals surface area contributed by atoms with Crippen LogP contribution in [0.5, 0.6) is 0 Å². The van der Waals surface area contributed by atoms with Crippen LogP contribution in [0.2, 0.25) is 0 Å². The number of aromatic nitrogens is 1. The number of carbonyl (C=O) groups excluding carboxylic acids is 1. The van der Waals surface area contributed by atoms with E-state index >= 15 is 0 Å². The van der Waals surface area contributed by atoms with Gasteiger partial charge in [-0.05, 0) is 37.6 Å². The molecule has 3 rings (SSSR count). The molecule has 3 aromatic rings. The van der Waals surface area contributed by atoms with Crippen LogP contribution in [-0.4, -0.2) is 24.1 Å². The molecular weight excluding hydrogens is 332 g/mol. The quantitative estimate of drug-likeness (QED) is 0.631. The third kappa shape index (κ3) is 3.92. The number of carbonyl (C=O) groups is 1. The van der Waals surface area contributed by atoms with Crippen molar-refractivity contribution in [3.8, 4) is 11.1 Å². The summed E-state index contributed by atoms with van der Waals surface area (Å²) in [6.45, 7) is 6.34. The summed E-state index contributed by atoms with van der Waals surface area (Å²) in [6, 6.07) is 9.45. The van der Waals surface area contributed by atoms with Crippen LogP contribution in [0.4, 0.5) is 5.69 Å². The summed E-state index contributed by atoms with van der Waals surface area (Å²) in [5.74, 6) is 0.492. The number of fused-ring (bicyclic) bond motifs is 1. The van der Waals surface area contributed by atoms with Crippen molar-refractivity contribution in [2.24, 2.45) is 0 Å². The van der Waals surface area contributed by atoms with E-state index in [0.717, 1.165) is 22.2 Å². The van der Waals surface area contributed by atoms with Crippen molar-refractivity contribution in [2.45, 2.75) is 27.1 Å². The maximum Gasteiger partial charge on any atom is 0.221 e. The van der Waals surface area contributed by atoms with Crippen LogP contribution in [-0.2, 0) is 14.3 Å². The second-order valence-corrected chi connectivity index (χ2v) is 5.76. The van der Waals surface area contributed by atoms with Crippen molar-refractivity contribution in [1.29, 1.82) is 0 Å². The molecule has 6 nitrogen and oxygen atoms in total. The molecule has 1 amide bonds. The Kier molecular flexibility index (Phi) is 5.65. The minimum Gasteiger partial charge on any atom is -0.455 e. The molecule has 0 aliphatic rings. The highest BCUT2D eigenvalue weighted by molar-refractivity contribution is 5.94. The van der Waals surface area contributed by atoms with Crippen molar-refractivity contribution in [2.75, 3.05) is 18.5 Å². The molecule has 0 saturated carbocycles. The third-order valence-corrected chi connectivity index (χ3v) is 3.80. The van der Waals surface area contributed by atoms with Crippen LogP contribution >= 0.6 is 0 Å². The molecule has 0 fully saturated rings. The van der Waals surface area contributed by atoms with Gasteiger partial charge in [0.25, 0.3) is 0 Å². The van der Waals surface area contributed by atoms with Gasteiger partial charge in [0.1, 0.15) is 5.58 Å². The lowest BCUT2D eigenvalue weighted by Gasteiger charge is -2.13. The molecule has 0 saturated heterocycles. The zero-order chi connectivity index (χ0) is 18.5. The van der Waals surface area contributed by atoms with Crippen LogP contribution < -0.4 is 5.32 Å². The topological polar surface area (TPSA) is 73.6 Å². The zero-order valence-corrected chi connectivity index (χ0v) is 15.1. The number of nitrogens with one attached hydrogen (secondary N) is 1. The van der Waals surface area contributed by atoms with E-state index in [1.807, 2.05) is 44.2 Å². The number of amides is 1. The van der Waals surface area contributed by atoms with Crippen LogP contribution in [0.1, 0.15) is 32.8 Å². The predicted octanol–water partition coefficient (Wildman–Crippen LogP) is 4.52. The Labute approximate surface area is 152 Å². The van der Waals surface area contributed by atoms with Crippen LogP contribution in [0.15, 0.2) is 47.1 Å². The van der Waals surface area contributed by atoms with Crippen molar-refractivity contribution < 1.29 is 18.7 Å². The highest BCUT2D eigenvalue weighted by Crippen LogP contribution is 2.34. The molecule has 0 radical (unpaired) electrons. The van der Waals surface area contributed by atoms with Gasteiger partial charge in [0, 0.05) is 49.2 Å². The Morgan fingerprint density at radius 3 is 2.65 bits per heavy atom. The molecule has 0 spiro atoms. The average molecular weight is 354 g/mol. The summed E-state index contributed by atoms with van der Waals surface area (Å²) in [7, 11) is 0. The minimum absolute atomic E-state index is 0.116. The fourth-order valence-electron chi connectivity index (χ4n) is 2.79. The maximum atomic E-state index is 11.3. The fourth-order valence-corrected chi connectivity index (χ4v) is 2.79. The number of anilines is 1. The lowest BCUT2D eigenvalue weighted by molar-refractivity contribution is -0.150. The first kappa shape index (κ1) is 18.1. The van der Waals surface area contributed by atoms with Crippen LogP contribution in [0.25, 0.3) is 22.1 Å². The molecule has 2 heterocycles. The van der Waals surface area contributed by atoms with E-state index in [1.54, 1.807) is 12.4 Å². The standard InChI is InChI=1S/C20H22N2O4/c1-4-24-20(25-5-2)18-10-15-11-21-12-17(19(15)26-18)14-7-6-8-16(9-14)22-13(3)23/h6-12,20H,4-5H2,1-3H3,(H,22,23). The van der Waals surface area contributed by atoms with Crippen LogP contribution in [0.3, 0.4) is 0 Å². The van der Waals surface area contributed by atoms with E-state index in [1.165, 1.54) is 6.92 Å². The van der Waals surface area contributed by atoms with E-state index in [9.17, 15) is 4.79 Å². The first-order chi connectivity index (χ1) is 12.6. The SMILES string of the molecule is CCOC(OCC)c1cc2cncc(-c3cccc(NC(C)=O)c3)c2o1. The Morgan fingerprint density at radius 1 is 1.19 bits per heavy atom. The van der Waals surface area contributed by atoms with Crippen molar-refractivity contribution >= 4 is 22.6 Å². The number of nitrogens with zero attached hydrogens (tertiary/aromatic N) is 1. The van der Waals surface area contributed by atoms with E-state index in [2.05, 4.69) is 10.3 Å². The van der Waals surface area contributed by atoms with Gasteiger partial charge in [0.15, 0.2) is 5.76 Å². The van der Waals surface area contributed by atoms with E-state index in [-0.39, 0.29) is 5.91 Å². The smallest absolute Gasteiger partial charge is 0.221 e. The number of benzene rings is 1. The molecule has 0 unspecified atom stereocenters. The summed E-state index contributed by atoms with van der Waals surface area (Å²) in [5.41, 5.74) is 3.17. The Morgan fingerprint density at radius 2 is 1.96 bits per heavy atom. The van der Waals surface area contributed by atoms with Crippen molar-refractivity contribution in [3.63, 3.8) is 0 Å². The molecule has 0 aliphatic carbocycles. The van der Waals surface area contributed by atoms with Gasteiger partial charge in [-0.15, -0.1) is 0 Å². The summed E-state index contributed by atoms with van der Waals surface area (Å²) in [5, 5.41) is 3.66. The highest BCUT2D eigenvalue weighted by Gasteiger charge is 2.19. The van der Waals surface area contributed by atoms with Gasteiger partial charge >= 0.3 is 0 Å². The number of hydrogen-bond donors (Lipinski definition) is 1. The van der Waals surface area contributed by atoms with Crippen molar-refractivity contribution in [1.82, 2.24) is 4.98 Å². The summed E-state index contributed by atoms with van der Waals surface area (Å²) >= 11 is 0. The van der Waals surface area contributed by atoms with Gasteiger partial charge in [-0.1, -0.05) is 12.1 Å². The number of hydrogen-bond acceptors (Lipinski definition) is 5. The summed E-state index contributed by atoms with van der Waals surface area (Å²) < 4.78 is 17.3. The normalized spacial score (nSPS) is 11.2. The minimum atomic E-state index is -0.545. The molecule has 2 aromatic heterocycles. The average Bonchev–Trinajstić information content (AvgIpc) is 3.05. The molecule has 1 aromatic carbocycles. The number of ether oxygens (including phenoxy) is 2. The van der Waals surface area contributed by atoms with Crippen LogP contribution in [0, 0.1) is 0 Å². The molecule has 136 valence electrons. The maximum absolute atomic E-state index is 11.3. The number of pyridine rings is 1. The largest absolute Gasteiger partial charge is 0.455 e. The molecule has 0 aliphatic heterocycles. The van der Waals surface area contributed by atoms with E-state index in [4.69, 9.17) is 13.9 Å². The predicted molar refractivity (Wildman–Crippen MR) is 99.7 cm³/mol. The second kappa shape index (κ2) is 8.12. The number of furan rings is 1. The summed E-state index contributed by atoms with van der Waals surface area (Å²) in [4.78, 5) is 15.6. The van der Waals surface area contributed by atoms with Crippen molar-refractivity contribution in [3.05, 3.63) is 48.5 Å². The van der Waals surface area contributed by atoms with Gasteiger partial charge in [-0.3, -0.25) is 9.78 Å². The lowest BCUT2D eigenvalue weighted by Crippen LogP contribution is -2.07. The lowest BCUT2D eigenvalue weighted by atomic mass is 10.1. The highest BCUT2D eigenvalue weighted by atomic mass is 16.7. The molecule has 1 N–H and O–H groups in total. The van der Waals surface area contributed by atoms with Gasteiger partial charge in [-0.2, -0.15) is 0 Å². The fraction of sp³-hybridized carbons (Fsp3) is 0.300. The van der Waals surface area contributed by atoms with E-state index in [0.29, 0.717) is 24.6 Å². The molecule has 6 heteroatoms. The van der Waals surface area contributed by atoms with Gasteiger partial charge in [-0.25, -0.2) is 0 Å². The Bertz CT molecular complexity index is 898. The first-order valence-corrected chi connectivity index (χ1v) is 8.61. The zero-order valence-electron chi connectivity index (χ0n) is 15.1. The molecule has 0 atom stereocenters. The Balaban J connectivity index is 2.03. The van der Waals surface area contributed by atoms with E-state index < -0.39 is 6.29 Å². The third-order valence-electron chi connectivity index (χ3n) is 3.80.